The van der Waals surface area contributed by atoms with Crippen LogP contribution in [0.5, 0.6) is 5.75 Å². The molecule has 1 saturated heterocycles. The second kappa shape index (κ2) is 5.73. The number of hydrogen-bond acceptors (Lipinski definition) is 4. The van der Waals surface area contributed by atoms with E-state index in [0.29, 0.717) is 6.54 Å². The van der Waals surface area contributed by atoms with E-state index in [1.165, 1.54) is 0 Å². The highest BCUT2D eigenvalue weighted by Crippen LogP contribution is 2.28. The Morgan fingerprint density at radius 2 is 2.28 bits per heavy atom. The average Bonchev–Trinajstić information content (AvgIpc) is 2.38. The molecule has 1 heterocycles. The summed E-state index contributed by atoms with van der Waals surface area (Å²) < 4.78 is 5.34. The van der Waals surface area contributed by atoms with Crippen LogP contribution in [0, 0.1) is 0 Å². The molecule has 98 valence electrons. The average molecular weight is 249 g/mol. The number of nitrogens with zero attached hydrogens (tertiary/aromatic N) is 1. The van der Waals surface area contributed by atoms with Crippen molar-refractivity contribution in [2.75, 3.05) is 38.7 Å². The molecule has 0 radical (unpaired) electrons. The fraction of sp³-hybridized carbons (Fsp3) is 0.462. The Labute approximate surface area is 107 Å². The number of likely N-dealkylation sites (N-methyl/N-ethyl adjacent to an activating group) is 1. The van der Waals surface area contributed by atoms with Gasteiger partial charge in [-0.3, -0.25) is 4.79 Å². The number of methoxy groups -OCH3 is 1. The van der Waals surface area contributed by atoms with Crippen molar-refractivity contribution in [2.45, 2.75) is 6.04 Å². The van der Waals surface area contributed by atoms with Crippen molar-refractivity contribution < 1.29 is 9.53 Å². The zero-order chi connectivity index (χ0) is 13.0. The molecule has 0 aromatic heterocycles. The normalized spacial score (nSPS) is 19.6. The SMILES string of the molecule is CNCC1CN(c2ccccc2OC)CC(=O)N1. The number of ether oxygens (including phenoxy) is 1. The topological polar surface area (TPSA) is 53.6 Å². The van der Waals surface area contributed by atoms with Crippen molar-refractivity contribution in [3.8, 4) is 5.75 Å². The number of piperazine rings is 1. The van der Waals surface area contributed by atoms with Gasteiger partial charge in [0, 0.05) is 13.1 Å². The van der Waals surface area contributed by atoms with Gasteiger partial charge >= 0.3 is 0 Å². The molecule has 1 amide bonds. The van der Waals surface area contributed by atoms with Crippen LogP contribution in [0.3, 0.4) is 0 Å². The minimum Gasteiger partial charge on any atom is -0.495 e. The molecule has 0 spiro atoms. The van der Waals surface area contributed by atoms with Gasteiger partial charge < -0.3 is 20.3 Å². The molecule has 2 N–H and O–H groups in total. The second-order valence-corrected chi connectivity index (χ2v) is 4.37. The Morgan fingerprint density at radius 3 is 3.00 bits per heavy atom. The lowest BCUT2D eigenvalue weighted by atomic mass is 10.1. The largest absolute Gasteiger partial charge is 0.495 e. The van der Waals surface area contributed by atoms with Crippen molar-refractivity contribution >= 4 is 11.6 Å². The van der Waals surface area contributed by atoms with E-state index in [4.69, 9.17) is 4.74 Å². The number of rotatable bonds is 4. The highest BCUT2D eigenvalue weighted by molar-refractivity contribution is 5.83. The molecular weight excluding hydrogens is 230 g/mol. The zero-order valence-corrected chi connectivity index (χ0v) is 10.8. The van der Waals surface area contributed by atoms with Crippen LogP contribution in [-0.4, -0.2) is 45.7 Å². The van der Waals surface area contributed by atoms with Gasteiger partial charge in [-0.2, -0.15) is 0 Å². The van der Waals surface area contributed by atoms with E-state index in [1.807, 2.05) is 31.3 Å². The summed E-state index contributed by atoms with van der Waals surface area (Å²) in [4.78, 5) is 13.8. The summed E-state index contributed by atoms with van der Waals surface area (Å²) in [6.45, 7) is 1.92. The van der Waals surface area contributed by atoms with Crippen molar-refractivity contribution in [2.24, 2.45) is 0 Å². The Kier molecular flexibility index (Phi) is 4.04. The van der Waals surface area contributed by atoms with E-state index in [9.17, 15) is 4.79 Å². The molecule has 18 heavy (non-hydrogen) atoms. The van der Waals surface area contributed by atoms with Crippen molar-refractivity contribution in [3.05, 3.63) is 24.3 Å². The van der Waals surface area contributed by atoms with Gasteiger partial charge in [0.2, 0.25) is 5.91 Å². The molecule has 1 aromatic rings. The van der Waals surface area contributed by atoms with Crippen LogP contribution in [0.15, 0.2) is 24.3 Å². The van der Waals surface area contributed by atoms with E-state index in [-0.39, 0.29) is 11.9 Å². The van der Waals surface area contributed by atoms with Crippen LogP contribution in [0.25, 0.3) is 0 Å². The highest BCUT2D eigenvalue weighted by atomic mass is 16.5. The molecule has 0 saturated carbocycles. The smallest absolute Gasteiger partial charge is 0.239 e. The Morgan fingerprint density at radius 1 is 1.50 bits per heavy atom. The summed E-state index contributed by atoms with van der Waals surface area (Å²) in [5, 5.41) is 6.06. The quantitative estimate of drug-likeness (QED) is 0.801. The maximum atomic E-state index is 11.7. The summed E-state index contributed by atoms with van der Waals surface area (Å²) in [5.41, 5.74) is 0.968. The number of hydrogen-bond donors (Lipinski definition) is 2. The molecule has 2 rings (SSSR count). The number of benzene rings is 1. The lowest BCUT2D eigenvalue weighted by molar-refractivity contribution is -0.121. The highest BCUT2D eigenvalue weighted by Gasteiger charge is 2.25. The van der Waals surface area contributed by atoms with Gasteiger partial charge in [0.15, 0.2) is 0 Å². The summed E-state index contributed by atoms with van der Waals surface area (Å²) in [6, 6.07) is 7.90. The van der Waals surface area contributed by atoms with Crippen LogP contribution in [0.4, 0.5) is 5.69 Å². The lowest BCUT2D eigenvalue weighted by Gasteiger charge is -2.35. The molecule has 5 nitrogen and oxygen atoms in total. The third-order valence-corrected chi connectivity index (χ3v) is 3.02. The van der Waals surface area contributed by atoms with Crippen LogP contribution >= 0.6 is 0 Å². The number of anilines is 1. The predicted octanol–water partition coefficient (Wildman–Crippen LogP) is 0.219. The van der Waals surface area contributed by atoms with Gasteiger partial charge in [0.05, 0.1) is 25.4 Å². The number of carbonyl (C=O) groups excluding carboxylic acids is 1. The first-order chi connectivity index (χ1) is 8.74. The third-order valence-electron chi connectivity index (χ3n) is 3.02. The monoisotopic (exact) mass is 249 g/mol. The van der Waals surface area contributed by atoms with Gasteiger partial charge in [-0.05, 0) is 19.2 Å². The van der Waals surface area contributed by atoms with Gasteiger partial charge in [-0.15, -0.1) is 0 Å². The van der Waals surface area contributed by atoms with Crippen LogP contribution in [0.2, 0.25) is 0 Å². The van der Waals surface area contributed by atoms with Gasteiger partial charge in [0.1, 0.15) is 5.75 Å². The van der Waals surface area contributed by atoms with Crippen molar-refractivity contribution in [1.82, 2.24) is 10.6 Å². The number of carbonyl (C=O) groups is 1. The fourth-order valence-corrected chi connectivity index (χ4v) is 2.26. The summed E-state index contributed by atoms with van der Waals surface area (Å²) in [6.07, 6.45) is 0. The maximum absolute atomic E-state index is 11.7. The van der Waals surface area contributed by atoms with E-state index in [0.717, 1.165) is 24.5 Å². The summed E-state index contributed by atoms with van der Waals surface area (Å²) in [7, 11) is 3.53. The molecule has 1 aliphatic rings. The fourth-order valence-electron chi connectivity index (χ4n) is 2.26. The lowest BCUT2D eigenvalue weighted by Crippen LogP contribution is -2.57. The molecule has 5 heteroatoms. The van der Waals surface area contributed by atoms with Gasteiger partial charge in [0.25, 0.3) is 0 Å². The number of amides is 1. The third kappa shape index (κ3) is 2.73. The van der Waals surface area contributed by atoms with E-state index in [1.54, 1.807) is 7.11 Å². The van der Waals surface area contributed by atoms with Crippen LogP contribution < -0.4 is 20.3 Å². The van der Waals surface area contributed by atoms with E-state index in [2.05, 4.69) is 15.5 Å². The second-order valence-electron chi connectivity index (χ2n) is 4.37. The van der Waals surface area contributed by atoms with E-state index < -0.39 is 0 Å². The van der Waals surface area contributed by atoms with Crippen molar-refractivity contribution in [3.63, 3.8) is 0 Å². The first kappa shape index (κ1) is 12.7. The number of para-hydroxylation sites is 2. The van der Waals surface area contributed by atoms with Crippen molar-refractivity contribution in [1.29, 1.82) is 0 Å². The zero-order valence-electron chi connectivity index (χ0n) is 10.8. The van der Waals surface area contributed by atoms with Gasteiger partial charge in [-0.25, -0.2) is 0 Å². The molecule has 1 unspecified atom stereocenters. The molecule has 0 aliphatic carbocycles. The molecule has 1 aromatic carbocycles. The molecule has 1 aliphatic heterocycles. The predicted molar refractivity (Wildman–Crippen MR) is 71.1 cm³/mol. The standard InChI is InChI=1S/C13H19N3O2/c1-14-7-10-8-16(9-13(17)15-10)11-5-3-4-6-12(11)18-2/h3-6,10,14H,7-9H2,1-2H3,(H,15,17). The Bertz CT molecular complexity index is 422. The van der Waals surface area contributed by atoms with Crippen LogP contribution in [-0.2, 0) is 4.79 Å². The molecule has 1 fully saturated rings. The minimum absolute atomic E-state index is 0.0485. The van der Waals surface area contributed by atoms with Crippen LogP contribution in [0.1, 0.15) is 0 Å². The summed E-state index contributed by atoms with van der Waals surface area (Å²) in [5.74, 6) is 0.850. The molecule has 0 bridgehead atoms. The number of nitrogens with one attached hydrogen (secondary N) is 2. The molecular formula is C13H19N3O2. The first-order valence-corrected chi connectivity index (χ1v) is 6.06. The van der Waals surface area contributed by atoms with Gasteiger partial charge in [-0.1, -0.05) is 12.1 Å². The summed E-state index contributed by atoms with van der Waals surface area (Å²) >= 11 is 0. The Hall–Kier alpha value is -1.75. The van der Waals surface area contributed by atoms with E-state index >= 15 is 0 Å². The maximum Gasteiger partial charge on any atom is 0.239 e. The first-order valence-electron chi connectivity index (χ1n) is 6.06. The minimum atomic E-state index is 0.0485. The molecule has 1 atom stereocenters. The Balaban J connectivity index is 2.18.